The molecule has 2 unspecified atom stereocenters. The summed E-state index contributed by atoms with van der Waals surface area (Å²) in [5.41, 5.74) is 0. The summed E-state index contributed by atoms with van der Waals surface area (Å²) in [5, 5.41) is 0.764. The van der Waals surface area contributed by atoms with Gasteiger partial charge in [-0.15, -0.1) is 0 Å². The Balaban J connectivity index is 2.21. The number of rotatable bonds is 4. The van der Waals surface area contributed by atoms with Gasteiger partial charge in [0.2, 0.25) is 0 Å². The van der Waals surface area contributed by atoms with Crippen LogP contribution < -0.4 is 0 Å². The zero-order chi connectivity index (χ0) is 9.68. The Morgan fingerprint density at radius 3 is 2.92 bits per heavy atom. The molecular formula is C10H21NS2. The summed E-state index contributed by atoms with van der Waals surface area (Å²) >= 11 is 0. The van der Waals surface area contributed by atoms with E-state index in [4.69, 9.17) is 0 Å². The first-order valence-corrected chi connectivity index (χ1v) is 7.60. The van der Waals surface area contributed by atoms with Gasteiger partial charge in [0.15, 0.2) is 0 Å². The molecule has 1 aliphatic heterocycles. The lowest BCUT2D eigenvalue weighted by Crippen LogP contribution is -2.36. The predicted molar refractivity (Wildman–Crippen MR) is 65.2 cm³/mol. The SMILES string of the molecule is CCCSSC1CC(C)CCN1C. The predicted octanol–water partition coefficient (Wildman–Crippen LogP) is 3.47. The van der Waals surface area contributed by atoms with Gasteiger partial charge in [-0.3, -0.25) is 4.90 Å². The van der Waals surface area contributed by atoms with Crippen molar-refractivity contribution in [2.45, 2.75) is 38.5 Å². The highest BCUT2D eigenvalue weighted by Gasteiger charge is 2.23. The van der Waals surface area contributed by atoms with Gasteiger partial charge < -0.3 is 0 Å². The Hall–Kier alpha value is 0.660. The van der Waals surface area contributed by atoms with Crippen molar-refractivity contribution in [3.63, 3.8) is 0 Å². The Labute approximate surface area is 90.4 Å². The third-order valence-corrected chi connectivity index (χ3v) is 5.60. The Morgan fingerprint density at radius 2 is 2.23 bits per heavy atom. The van der Waals surface area contributed by atoms with Crippen LogP contribution in [0.5, 0.6) is 0 Å². The van der Waals surface area contributed by atoms with Crippen molar-refractivity contribution < 1.29 is 0 Å². The number of hydrogen-bond donors (Lipinski definition) is 0. The van der Waals surface area contributed by atoms with E-state index >= 15 is 0 Å². The van der Waals surface area contributed by atoms with E-state index in [2.05, 4.69) is 36.6 Å². The van der Waals surface area contributed by atoms with Crippen molar-refractivity contribution in [2.24, 2.45) is 5.92 Å². The molecule has 1 rings (SSSR count). The van der Waals surface area contributed by atoms with Crippen LogP contribution in [-0.4, -0.2) is 29.6 Å². The molecule has 1 nitrogen and oxygen atoms in total. The van der Waals surface area contributed by atoms with Crippen LogP contribution in [0.1, 0.15) is 33.1 Å². The van der Waals surface area contributed by atoms with Crippen molar-refractivity contribution in [3.8, 4) is 0 Å². The molecule has 0 saturated carbocycles. The minimum absolute atomic E-state index is 0.764. The second-order valence-electron chi connectivity index (χ2n) is 3.98. The maximum atomic E-state index is 2.51. The number of nitrogens with zero attached hydrogens (tertiary/aromatic N) is 1. The van der Waals surface area contributed by atoms with Crippen LogP contribution in [0.3, 0.4) is 0 Å². The Morgan fingerprint density at radius 1 is 1.46 bits per heavy atom. The molecule has 0 spiro atoms. The molecule has 1 saturated heterocycles. The first-order chi connectivity index (χ1) is 6.24. The summed E-state index contributed by atoms with van der Waals surface area (Å²) in [7, 11) is 6.38. The second-order valence-corrected chi connectivity index (χ2v) is 6.65. The molecule has 0 radical (unpaired) electrons. The molecule has 0 amide bonds. The van der Waals surface area contributed by atoms with E-state index in [1.807, 2.05) is 10.8 Å². The van der Waals surface area contributed by atoms with Crippen LogP contribution in [0.2, 0.25) is 0 Å². The molecular weight excluding hydrogens is 198 g/mol. The number of likely N-dealkylation sites (tertiary alicyclic amines) is 1. The fourth-order valence-electron chi connectivity index (χ4n) is 1.53. The average Bonchev–Trinajstić information content (AvgIpc) is 2.11. The van der Waals surface area contributed by atoms with Gasteiger partial charge in [-0.25, -0.2) is 0 Å². The normalized spacial score (nSPS) is 30.7. The zero-order valence-electron chi connectivity index (χ0n) is 8.95. The molecule has 78 valence electrons. The molecule has 0 aromatic heterocycles. The van der Waals surface area contributed by atoms with Gasteiger partial charge in [-0.1, -0.05) is 35.4 Å². The second kappa shape index (κ2) is 6.20. The number of hydrogen-bond acceptors (Lipinski definition) is 3. The molecule has 1 aliphatic rings. The summed E-state index contributed by atoms with van der Waals surface area (Å²) < 4.78 is 0. The minimum Gasteiger partial charge on any atom is -0.294 e. The van der Waals surface area contributed by atoms with Crippen molar-refractivity contribution in [1.29, 1.82) is 0 Å². The van der Waals surface area contributed by atoms with Crippen LogP contribution in [0.15, 0.2) is 0 Å². The van der Waals surface area contributed by atoms with Crippen molar-refractivity contribution in [2.75, 3.05) is 19.3 Å². The zero-order valence-corrected chi connectivity index (χ0v) is 10.6. The molecule has 0 N–H and O–H groups in total. The summed E-state index contributed by atoms with van der Waals surface area (Å²) in [4.78, 5) is 2.51. The maximum Gasteiger partial charge on any atom is 0.0661 e. The quantitative estimate of drug-likeness (QED) is 0.526. The molecule has 0 aromatic rings. The first-order valence-electron chi connectivity index (χ1n) is 5.22. The highest BCUT2D eigenvalue weighted by molar-refractivity contribution is 8.76. The third-order valence-electron chi connectivity index (χ3n) is 2.54. The van der Waals surface area contributed by atoms with Gasteiger partial charge in [-0.05, 0) is 38.8 Å². The van der Waals surface area contributed by atoms with E-state index in [0.717, 1.165) is 11.3 Å². The monoisotopic (exact) mass is 219 g/mol. The van der Waals surface area contributed by atoms with Crippen LogP contribution in [0.4, 0.5) is 0 Å². The lowest BCUT2D eigenvalue weighted by molar-refractivity contribution is 0.208. The van der Waals surface area contributed by atoms with Gasteiger partial charge in [0, 0.05) is 5.75 Å². The largest absolute Gasteiger partial charge is 0.294 e. The lowest BCUT2D eigenvalue weighted by Gasteiger charge is -2.34. The van der Waals surface area contributed by atoms with Gasteiger partial charge in [0.05, 0.1) is 5.37 Å². The molecule has 13 heavy (non-hydrogen) atoms. The van der Waals surface area contributed by atoms with Crippen molar-refractivity contribution in [1.82, 2.24) is 4.90 Å². The van der Waals surface area contributed by atoms with E-state index in [9.17, 15) is 0 Å². The highest BCUT2D eigenvalue weighted by Crippen LogP contribution is 2.35. The summed E-state index contributed by atoms with van der Waals surface area (Å²) in [6, 6.07) is 0. The molecule has 3 heteroatoms. The van der Waals surface area contributed by atoms with Gasteiger partial charge in [0.1, 0.15) is 0 Å². The van der Waals surface area contributed by atoms with Crippen LogP contribution in [0, 0.1) is 5.92 Å². The van der Waals surface area contributed by atoms with Crippen LogP contribution in [0.25, 0.3) is 0 Å². The fraction of sp³-hybridized carbons (Fsp3) is 1.00. The van der Waals surface area contributed by atoms with E-state index in [1.165, 1.54) is 31.6 Å². The minimum atomic E-state index is 0.764. The number of piperidine rings is 1. The summed E-state index contributed by atoms with van der Waals surface area (Å²) in [5.74, 6) is 2.22. The molecule has 0 aromatic carbocycles. The molecule has 0 aliphatic carbocycles. The Bertz CT molecular complexity index is 141. The van der Waals surface area contributed by atoms with Crippen molar-refractivity contribution in [3.05, 3.63) is 0 Å². The van der Waals surface area contributed by atoms with E-state index in [-0.39, 0.29) is 0 Å². The summed E-state index contributed by atoms with van der Waals surface area (Å²) in [6.07, 6.45) is 4.05. The Kier molecular flexibility index (Phi) is 5.60. The van der Waals surface area contributed by atoms with E-state index in [0.29, 0.717) is 0 Å². The lowest BCUT2D eigenvalue weighted by atomic mass is 10.00. The van der Waals surface area contributed by atoms with Gasteiger partial charge in [-0.2, -0.15) is 0 Å². The molecule has 2 atom stereocenters. The maximum absolute atomic E-state index is 2.51. The van der Waals surface area contributed by atoms with Crippen molar-refractivity contribution >= 4 is 21.6 Å². The fourth-order valence-corrected chi connectivity index (χ4v) is 4.55. The van der Waals surface area contributed by atoms with Gasteiger partial charge in [0.25, 0.3) is 0 Å². The third kappa shape index (κ3) is 4.13. The smallest absolute Gasteiger partial charge is 0.0661 e. The first kappa shape index (κ1) is 11.7. The topological polar surface area (TPSA) is 3.24 Å². The standard InChI is InChI=1S/C10H21NS2/c1-4-7-12-13-10-8-9(2)5-6-11(10)3/h9-10H,4-8H2,1-3H3. The molecule has 1 fully saturated rings. The van der Waals surface area contributed by atoms with Crippen LogP contribution in [-0.2, 0) is 0 Å². The highest BCUT2D eigenvalue weighted by atomic mass is 33.1. The summed E-state index contributed by atoms with van der Waals surface area (Å²) in [6.45, 7) is 5.91. The van der Waals surface area contributed by atoms with E-state index < -0.39 is 0 Å². The van der Waals surface area contributed by atoms with Gasteiger partial charge >= 0.3 is 0 Å². The molecule has 1 heterocycles. The molecule has 0 bridgehead atoms. The average molecular weight is 219 g/mol. The van der Waals surface area contributed by atoms with Crippen LogP contribution >= 0.6 is 21.6 Å². The van der Waals surface area contributed by atoms with E-state index in [1.54, 1.807) is 0 Å².